The van der Waals surface area contributed by atoms with Gasteiger partial charge in [-0.15, -0.1) is 34.9 Å². The highest BCUT2D eigenvalue weighted by molar-refractivity contribution is 14.1. The van der Waals surface area contributed by atoms with E-state index in [1.165, 1.54) is 31.3 Å². The van der Waals surface area contributed by atoms with Crippen LogP contribution in [-0.2, 0) is 19.2 Å². The molecule has 1 aromatic heterocycles. The van der Waals surface area contributed by atoms with Crippen LogP contribution in [0.4, 0.5) is 4.79 Å². The number of nitrogens with zero attached hydrogens (tertiary/aromatic N) is 1. The van der Waals surface area contributed by atoms with E-state index in [2.05, 4.69) is 59.1 Å². The number of likely N-dealkylation sites (tertiary alicyclic amines) is 1. The number of rotatable bonds is 0. The average molecular weight is 554 g/mol. The molecule has 0 N–H and O–H groups in total. The number of hydrogen-bond acceptors (Lipinski definition) is 6. The van der Waals surface area contributed by atoms with Crippen LogP contribution in [0.3, 0.4) is 0 Å². The van der Waals surface area contributed by atoms with Crippen LogP contribution in [0.5, 0.6) is 0 Å². The van der Waals surface area contributed by atoms with Gasteiger partial charge in [0, 0.05) is 23.9 Å². The zero-order valence-corrected chi connectivity index (χ0v) is 21.5. The summed E-state index contributed by atoms with van der Waals surface area (Å²) in [4.78, 5) is 15.9. The maximum atomic E-state index is 12.6. The van der Waals surface area contributed by atoms with E-state index in [4.69, 9.17) is 9.47 Å². The third kappa shape index (κ3) is 3.97. The van der Waals surface area contributed by atoms with E-state index in [1.807, 2.05) is 37.0 Å². The molecule has 1 aromatic rings. The number of fused-ring (bicyclic) bond motifs is 3. The highest BCUT2D eigenvalue weighted by Crippen LogP contribution is 2.60. The Hall–Kier alpha value is 0.360. The van der Waals surface area contributed by atoms with Crippen molar-refractivity contribution in [2.45, 2.75) is 68.3 Å². The van der Waals surface area contributed by atoms with Gasteiger partial charge in [-0.05, 0) is 86.3 Å². The van der Waals surface area contributed by atoms with E-state index in [9.17, 15) is 4.79 Å². The molecule has 1 amide bonds. The molecule has 2 spiro atoms. The molecule has 156 valence electrons. The fourth-order valence-corrected chi connectivity index (χ4v) is 9.73. The maximum absolute atomic E-state index is 12.6. The van der Waals surface area contributed by atoms with Crippen molar-refractivity contribution in [3.8, 4) is 0 Å². The lowest BCUT2D eigenvalue weighted by molar-refractivity contribution is -0.111. The number of hydrogen-bond donors (Lipinski definition) is 0. The van der Waals surface area contributed by atoms with E-state index >= 15 is 0 Å². The van der Waals surface area contributed by atoms with E-state index in [0.29, 0.717) is 6.54 Å². The van der Waals surface area contributed by atoms with Gasteiger partial charge in [0.05, 0.1) is 9.49 Å². The van der Waals surface area contributed by atoms with Crippen molar-refractivity contribution in [2.75, 3.05) is 24.7 Å². The fourth-order valence-electron chi connectivity index (χ4n) is 4.31. The van der Waals surface area contributed by atoms with Crippen LogP contribution in [0, 0.1) is 2.88 Å². The lowest BCUT2D eigenvalue weighted by Gasteiger charge is -2.51. The van der Waals surface area contributed by atoms with Crippen LogP contribution in [0.1, 0.15) is 57.4 Å². The number of carbonyl (C=O) groups excluding carboxylic acids is 1. The zero-order valence-electron chi connectivity index (χ0n) is 16.9. The first kappa shape index (κ1) is 21.6. The predicted octanol–water partition coefficient (Wildman–Crippen LogP) is 6.02. The topological polar surface area (TPSA) is 38.8 Å². The van der Waals surface area contributed by atoms with Crippen molar-refractivity contribution in [2.24, 2.45) is 0 Å². The number of piperidine rings is 1. The summed E-state index contributed by atoms with van der Waals surface area (Å²) in [5.74, 6) is 2.41. The van der Waals surface area contributed by atoms with Gasteiger partial charge in [-0.2, -0.15) is 0 Å². The van der Waals surface area contributed by atoms with E-state index in [1.54, 1.807) is 0 Å². The van der Waals surface area contributed by atoms with Crippen LogP contribution in [0.2, 0.25) is 0 Å². The third-order valence-electron chi connectivity index (χ3n) is 5.57. The molecule has 3 aliphatic heterocycles. The molecule has 0 bridgehead atoms. The Bertz CT molecular complexity index is 756. The van der Waals surface area contributed by atoms with E-state index < -0.39 is 5.60 Å². The molecule has 2 saturated heterocycles. The van der Waals surface area contributed by atoms with Gasteiger partial charge in [0.2, 0.25) is 0 Å². The molecule has 0 unspecified atom stereocenters. The van der Waals surface area contributed by atoms with Crippen molar-refractivity contribution in [3.05, 3.63) is 19.4 Å². The molecule has 8 heteroatoms. The standard InChI is InChI=1S/C20H28INO3S3/c1-13-11-19(6-7-22(13)17(23)25-18(2,3)4)16-14(10-15(21)28-16)20(12-24-19)26-8-5-9-27-20/h10,13H,5-9,11-12H2,1-4H3/t13-,19+/m0/s1. The van der Waals surface area contributed by atoms with Crippen molar-refractivity contribution < 1.29 is 14.3 Å². The molecule has 0 aliphatic carbocycles. The van der Waals surface area contributed by atoms with Crippen molar-refractivity contribution in [3.63, 3.8) is 0 Å². The van der Waals surface area contributed by atoms with E-state index in [0.717, 1.165) is 19.4 Å². The zero-order chi connectivity index (χ0) is 20.2. The number of carbonyl (C=O) groups is 1. The SMILES string of the molecule is C[C@H]1C[C@@]2(CCN1C(=O)OC(C)(C)C)OCC1(SCCCS1)c1cc(I)sc12. The minimum atomic E-state index is -0.466. The normalized spacial score (nSPS) is 29.8. The second kappa shape index (κ2) is 7.80. The first-order valence-electron chi connectivity index (χ1n) is 9.86. The predicted molar refractivity (Wildman–Crippen MR) is 128 cm³/mol. The van der Waals surface area contributed by atoms with Gasteiger partial charge in [0.1, 0.15) is 15.3 Å². The van der Waals surface area contributed by atoms with Gasteiger partial charge in [-0.25, -0.2) is 4.79 Å². The Morgan fingerprint density at radius 1 is 1.36 bits per heavy atom. The number of thiophene rings is 1. The molecule has 4 nitrogen and oxygen atoms in total. The Balaban J connectivity index is 1.59. The lowest BCUT2D eigenvalue weighted by Crippen LogP contribution is -2.54. The first-order chi connectivity index (χ1) is 13.1. The summed E-state index contributed by atoms with van der Waals surface area (Å²) in [5.41, 5.74) is 0.762. The smallest absolute Gasteiger partial charge is 0.410 e. The summed E-state index contributed by atoms with van der Waals surface area (Å²) in [6.07, 6.45) is 2.74. The molecule has 0 aromatic carbocycles. The average Bonchev–Trinajstić information content (AvgIpc) is 3.02. The Morgan fingerprint density at radius 2 is 2.07 bits per heavy atom. The summed E-state index contributed by atoms with van der Waals surface area (Å²) in [6, 6.07) is 2.48. The quantitative estimate of drug-likeness (QED) is 0.368. The van der Waals surface area contributed by atoms with Crippen molar-refractivity contribution >= 4 is 63.5 Å². The summed E-state index contributed by atoms with van der Waals surface area (Å²) < 4.78 is 13.7. The van der Waals surface area contributed by atoms with Crippen LogP contribution in [-0.4, -0.2) is 47.3 Å². The van der Waals surface area contributed by atoms with E-state index in [-0.39, 0.29) is 21.8 Å². The molecule has 0 radical (unpaired) electrons. The molecular formula is C20H28INO3S3. The number of ether oxygens (including phenoxy) is 2. The van der Waals surface area contributed by atoms with Crippen LogP contribution >= 0.6 is 57.5 Å². The first-order valence-corrected chi connectivity index (χ1v) is 13.7. The molecule has 0 saturated carbocycles. The Labute approximate surface area is 194 Å². The lowest BCUT2D eigenvalue weighted by atomic mass is 9.82. The molecule has 2 fully saturated rings. The summed E-state index contributed by atoms with van der Waals surface area (Å²) in [5, 5.41) is 0. The molecule has 3 aliphatic rings. The highest BCUT2D eigenvalue weighted by Gasteiger charge is 2.53. The minimum Gasteiger partial charge on any atom is -0.444 e. The van der Waals surface area contributed by atoms with Crippen molar-refractivity contribution in [1.29, 1.82) is 0 Å². The maximum Gasteiger partial charge on any atom is 0.410 e. The number of halogens is 1. The summed E-state index contributed by atoms with van der Waals surface area (Å²) >= 11 is 8.46. The van der Waals surface area contributed by atoms with Gasteiger partial charge in [-0.3, -0.25) is 0 Å². The molecule has 4 rings (SSSR count). The van der Waals surface area contributed by atoms with Crippen LogP contribution in [0.15, 0.2) is 6.07 Å². The second-order valence-electron chi connectivity index (χ2n) is 8.86. The third-order valence-corrected chi connectivity index (χ3v) is 10.9. The molecule has 28 heavy (non-hydrogen) atoms. The number of amides is 1. The van der Waals surface area contributed by atoms with Gasteiger partial charge in [0.15, 0.2) is 0 Å². The van der Waals surface area contributed by atoms with Gasteiger partial charge >= 0.3 is 6.09 Å². The Morgan fingerprint density at radius 3 is 2.71 bits per heavy atom. The second-order valence-corrected chi connectivity index (χ2v) is 14.8. The monoisotopic (exact) mass is 553 g/mol. The summed E-state index contributed by atoms with van der Waals surface area (Å²) in [6.45, 7) is 9.33. The molecule has 2 atom stereocenters. The minimum absolute atomic E-state index is 0.0598. The van der Waals surface area contributed by atoms with Gasteiger partial charge in [0.25, 0.3) is 0 Å². The molecule has 4 heterocycles. The Kier molecular flexibility index (Phi) is 6.02. The van der Waals surface area contributed by atoms with Gasteiger partial charge in [-0.1, -0.05) is 0 Å². The number of thioether (sulfide) groups is 2. The summed E-state index contributed by atoms with van der Waals surface area (Å²) in [7, 11) is 0. The van der Waals surface area contributed by atoms with Crippen LogP contribution in [0.25, 0.3) is 0 Å². The highest BCUT2D eigenvalue weighted by atomic mass is 127. The van der Waals surface area contributed by atoms with Crippen molar-refractivity contribution in [1.82, 2.24) is 4.90 Å². The molecular weight excluding hydrogens is 525 g/mol. The van der Waals surface area contributed by atoms with Crippen LogP contribution < -0.4 is 0 Å². The fraction of sp³-hybridized carbons (Fsp3) is 0.750. The largest absolute Gasteiger partial charge is 0.444 e. The van der Waals surface area contributed by atoms with Gasteiger partial charge < -0.3 is 14.4 Å².